The summed E-state index contributed by atoms with van der Waals surface area (Å²) >= 11 is 0. The first-order valence-electron chi connectivity index (χ1n) is 7.14. The van der Waals surface area contributed by atoms with Gasteiger partial charge in [0, 0.05) is 38.9 Å². The van der Waals surface area contributed by atoms with E-state index in [-0.39, 0.29) is 0 Å². The fourth-order valence-electron chi connectivity index (χ4n) is 2.44. The van der Waals surface area contributed by atoms with Gasteiger partial charge in [-0.3, -0.25) is 4.90 Å². The lowest BCUT2D eigenvalue weighted by Gasteiger charge is -2.35. The van der Waals surface area contributed by atoms with E-state index in [1.165, 1.54) is 11.1 Å². The van der Waals surface area contributed by atoms with Gasteiger partial charge in [0.25, 0.3) is 0 Å². The van der Waals surface area contributed by atoms with E-state index >= 15 is 0 Å². The highest BCUT2D eigenvalue weighted by Gasteiger charge is 2.17. The zero-order valence-corrected chi connectivity index (χ0v) is 12.4. The molecule has 19 heavy (non-hydrogen) atoms. The van der Waals surface area contributed by atoms with E-state index in [1.54, 1.807) is 0 Å². The van der Waals surface area contributed by atoms with Crippen LogP contribution in [0.2, 0.25) is 0 Å². The molecular weight excluding hydrogens is 234 g/mol. The molecule has 0 atom stereocenters. The minimum Gasteiger partial charge on any atom is -0.354 e. The number of hydrogen-bond acceptors (Lipinski definition) is 3. The van der Waals surface area contributed by atoms with Gasteiger partial charge >= 0.3 is 0 Å². The maximum absolute atomic E-state index is 4.60. The van der Waals surface area contributed by atoms with Crippen molar-refractivity contribution in [2.45, 2.75) is 26.7 Å². The van der Waals surface area contributed by atoms with Crippen molar-refractivity contribution >= 4 is 5.82 Å². The highest BCUT2D eigenvalue weighted by molar-refractivity contribution is 5.40. The minimum absolute atomic E-state index is 0.550. The molecule has 1 aromatic heterocycles. The summed E-state index contributed by atoms with van der Waals surface area (Å²) in [6.07, 6.45) is 2.01. The summed E-state index contributed by atoms with van der Waals surface area (Å²) in [5.74, 6) is 1.66. The van der Waals surface area contributed by atoms with E-state index in [2.05, 4.69) is 54.3 Å². The number of rotatable bonds is 4. The van der Waals surface area contributed by atoms with Crippen molar-refractivity contribution in [2.24, 2.45) is 0 Å². The molecule has 0 saturated carbocycles. The molecule has 3 nitrogen and oxygen atoms in total. The number of hydrogen-bond donors (Lipinski definition) is 0. The van der Waals surface area contributed by atoms with Crippen molar-refractivity contribution in [2.75, 3.05) is 37.6 Å². The number of nitrogens with zero attached hydrogens (tertiary/aromatic N) is 3. The summed E-state index contributed by atoms with van der Waals surface area (Å²) in [6, 6.07) is 4.36. The average molecular weight is 259 g/mol. The molecule has 2 rings (SSSR count). The largest absolute Gasteiger partial charge is 0.354 e. The van der Waals surface area contributed by atoms with E-state index in [0.29, 0.717) is 5.92 Å². The van der Waals surface area contributed by atoms with Crippen LogP contribution in [0.3, 0.4) is 0 Å². The van der Waals surface area contributed by atoms with Crippen molar-refractivity contribution < 1.29 is 0 Å². The summed E-state index contributed by atoms with van der Waals surface area (Å²) in [6.45, 7) is 15.8. The summed E-state index contributed by atoms with van der Waals surface area (Å²) in [5, 5.41) is 0. The van der Waals surface area contributed by atoms with Gasteiger partial charge in [-0.15, -0.1) is 0 Å². The van der Waals surface area contributed by atoms with Crippen molar-refractivity contribution in [1.82, 2.24) is 9.88 Å². The molecule has 0 aliphatic carbocycles. The monoisotopic (exact) mass is 259 g/mol. The zero-order chi connectivity index (χ0) is 13.8. The van der Waals surface area contributed by atoms with E-state index in [1.807, 2.05) is 6.20 Å². The van der Waals surface area contributed by atoms with E-state index in [4.69, 9.17) is 0 Å². The minimum atomic E-state index is 0.550. The molecule has 2 heterocycles. The molecule has 3 heteroatoms. The third-order valence-corrected chi connectivity index (χ3v) is 3.63. The predicted octanol–water partition coefficient (Wildman–Crippen LogP) is 2.90. The highest BCUT2D eigenvalue weighted by atomic mass is 15.3. The fraction of sp³-hybridized carbons (Fsp3) is 0.562. The Balaban J connectivity index is 1.92. The Morgan fingerprint density at radius 3 is 2.42 bits per heavy atom. The molecule has 1 fully saturated rings. The molecule has 0 radical (unpaired) electrons. The number of anilines is 1. The zero-order valence-electron chi connectivity index (χ0n) is 12.4. The number of aromatic nitrogens is 1. The van der Waals surface area contributed by atoms with Gasteiger partial charge in [-0.25, -0.2) is 4.98 Å². The van der Waals surface area contributed by atoms with E-state index < -0.39 is 0 Å². The van der Waals surface area contributed by atoms with Crippen molar-refractivity contribution in [1.29, 1.82) is 0 Å². The van der Waals surface area contributed by atoms with Gasteiger partial charge in [0.1, 0.15) is 5.82 Å². The van der Waals surface area contributed by atoms with E-state index in [9.17, 15) is 0 Å². The second kappa shape index (κ2) is 6.20. The van der Waals surface area contributed by atoms with Crippen molar-refractivity contribution in [3.63, 3.8) is 0 Å². The quantitative estimate of drug-likeness (QED) is 0.775. The molecular formula is C16H25N3. The topological polar surface area (TPSA) is 19.4 Å². The van der Waals surface area contributed by atoms with Gasteiger partial charge in [0.15, 0.2) is 0 Å². The second-order valence-corrected chi connectivity index (χ2v) is 5.82. The molecule has 0 amide bonds. The maximum atomic E-state index is 4.60. The fourth-order valence-corrected chi connectivity index (χ4v) is 2.44. The Morgan fingerprint density at radius 2 is 1.95 bits per heavy atom. The summed E-state index contributed by atoms with van der Waals surface area (Å²) in [5.41, 5.74) is 2.55. The van der Waals surface area contributed by atoms with Gasteiger partial charge in [-0.2, -0.15) is 0 Å². The van der Waals surface area contributed by atoms with Crippen LogP contribution in [0, 0.1) is 0 Å². The van der Waals surface area contributed by atoms with Crippen LogP contribution in [0.15, 0.2) is 30.5 Å². The van der Waals surface area contributed by atoms with Crippen LogP contribution in [0.1, 0.15) is 32.3 Å². The van der Waals surface area contributed by atoms with Gasteiger partial charge in [0.2, 0.25) is 0 Å². The second-order valence-electron chi connectivity index (χ2n) is 5.82. The first kappa shape index (κ1) is 14.1. The third kappa shape index (κ3) is 3.80. The Kier molecular flexibility index (Phi) is 4.59. The van der Waals surface area contributed by atoms with Crippen LogP contribution in [0.4, 0.5) is 5.82 Å². The summed E-state index contributed by atoms with van der Waals surface area (Å²) in [4.78, 5) is 9.43. The van der Waals surface area contributed by atoms with Crippen molar-refractivity contribution in [3.8, 4) is 0 Å². The Hall–Kier alpha value is -1.35. The summed E-state index contributed by atoms with van der Waals surface area (Å²) < 4.78 is 0. The van der Waals surface area contributed by atoms with Crippen LogP contribution in [0.25, 0.3) is 0 Å². The van der Waals surface area contributed by atoms with Crippen LogP contribution in [-0.4, -0.2) is 42.6 Å². The Bertz CT molecular complexity index is 414. The molecule has 1 saturated heterocycles. The van der Waals surface area contributed by atoms with Gasteiger partial charge in [0.05, 0.1) is 0 Å². The predicted molar refractivity (Wildman–Crippen MR) is 81.8 cm³/mol. The van der Waals surface area contributed by atoms with Crippen LogP contribution >= 0.6 is 0 Å². The molecule has 1 aliphatic heterocycles. The van der Waals surface area contributed by atoms with Gasteiger partial charge < -0.3 is 4.90 Å². The standard InChI is InChI=1S/C16H25N3/c1-13(2)12-18-7-9-19(10-8-18)16-6-5-15(11-17-16)14(3)4/h5-6,11,14H,1,7-10,12H2,2-4H3. The Labute approximate surface area is 116 Å². The summed E-state index contributed by atoms with van der Waals surface area (Å²) in [7, 11) is 0. The normalized spacial score (nSPS) is 16.9. The molecule has 0 N–H and O–H groups in total. The van der Waals surface area contributed by atoms with E-state index in [0.717, 1.165) is 38.5 Å². The molecule has 0 bridgehead atoms. The lowest BCUT2D eigenvalue weighted by molar-refractivity contribution is 0.278. The van der Waals surface area contributed by atoms with Gasteiger partial charge in [-0.1, -0.05) is 32.1 Å². The molecule has 0 spiro atoms. The first-order chi connectivity index (χ1) is 9.06. The van der Waals surface area contributed by atoms with Crippen molar-refractivity contribution in [3.05, 3.63) is 36.0 Å². The average Bonchev–Trinajstić information content (AvgIpc) is 2.39. The first-order valence-corrected chi connectivity index (χ1v) is 7.14. The van der Waals surface area contributed by atoms with Gasteiger partial charge in [-0.05, 0) is 24.5 Å². The maximum Gasteiger partial charge on any atom is 0.128 e. The molecule has 104 valence electrons. The number of pyridine rings is 1. The smallest absolute Gasteiger partial charge is 0.128 e. The van der Waals surface area contributed by atoms with Crippen LogP contribution in [-0.2, 0) is 0 Å². The van der Waals surface area contributed by atoms with Crippen LogP contribution in [0.5, 0.6) is 0 Å². The molecule has 1 aromatic rings. The molecule has 0 unspecified atom stereocenters. The Morgan fingerprint density at radius 1 is 1.26 bits per heavy atom. The highest BCUT2D eigenvalue weighted by Crippen LogP contribution is 2.18. The molecule has 0 aromatic carbocycles. The molecule has 1 aliphatic rings. The van der Waals surface area contributed by atoms with Crippen LogP contribution < -0.4 is 4.90 Å². The third-order valence-electron chi connectivity index (χ3n) is 3.63. The lowest BCUT2D eigenvalue weighted by Crippen LogP contribution is -2.47. The SMILES string of the molecule is C=C(C)CN1CCN(c2ccc(C(C)C)cn2)CC1. The number of piperazine rings is 1. The lowest BCUT2D eigenvalue weighted by atomic mass is 10.1.